The zero-order valence-electron chi connectivity index (χ0n) is 2.69. The molecule has 6 heavy (non-hydrogen) atoms. The van der Waals surface area contributed by atoms with E-state index in [1.54, 1.807) is 22.6 Å². The second-order valence-corrected chi connectivity index (χ2v) is 4.51. The van der Waals surface area contributed by atoms with Gasteiger partial charge < -0.3 is 5.11 Å². The molecule has 4 heteroatoms. The van der Waals surface area contributed by atoms with Crippen molar-refractivity contribution >= 4 is 44.5 Å². The second kappa shape index (κ2) is 2.79. The van der Waals surface area contributed by atoms with Gasteiger partial charge in [-0.15, -0.1) is 0 Å². The van der Waals surface area contributed by atoms with Gasteiger partial charge in [-0.1, -0.05) is 38.5 Å². The number of carboxylic acids is 1. The minimum absolute atomic E-state index is 0.449. The van der Waals surface area contributed by atoms with E-state index < -0.39 is 8.80 Å². The Kier molecular flexibility index (Phi) is 3.10. The summed E-state index contributed by atoms with van der Waals surface area (Å²) in [6.45, 7) is 0. The third-order valence-electron chi connectivity index (χ3n) is 0.187. The Balaban J connectivity index is 3.26. The molecular formula is C2H2BrIO2. The number of aliphatic carboxylic acids is 1. The number of rotatable bonds is 1. The molecule has 0 unspecified atom stereocenters. The van der Waals surface area contributed by atoms with Gasteiger partial charge in [-0.3, -0.25) is 4.79 Å². The summed E-state index contributed by atoms with van der Waals surface area (Å²) in [5.74, 6) is -0.837. The summed E-state index contributed by atoms with van der Waals surface area (Å²) in [4.78, 5) is 9.64. The van der Waals surface area contributed by atoms with Crippen LogP contribution in [0.25, 0.3) is 0 Å². The first-order valence-electron chi connectivity index (χ1n) is 1.15. The quantitative estimate of drug-likeness (QED) is 0.571. The van der Waals surface area contributed by atoms with Crippen LogP contribution >= 0.6 is 38.5 Å². The Morgan fingerprint density at radius 3 is 2.17 bits per heavy atom. The molecule has 1 N–H and O–H groups in total. The summed E-state index contributed by atoms with van der Waals surface area (Å²) in [5, 5.41) is 7.94. The molecule has 0 aromatic rings. The Hall–Kier alpha value is 0.680. The van der Waals surface area contributed by atoms with Crippen LogP contribution in [0.2, 0.25) is 0 Å². The maximum absolute atomic E-state index is 9.64. The first kappa shape index (κ1) is 6.68. The van der Waals surface area contributed by atoms with Crippen LogP contribution in [0.3, 0.4) is 0 Å². The van der Waals surface area contributed by atoms with E-state index >= 15 is 0 Å². The van der Waals surface area contributed by atoms with Gasteiger partial charge in [0, 0.05) is 0 Å². The molecule has 0 aliphatic heterocycles. The number of hydrogen-bond donors (Lipinski definition) is 1. The van der Waals surface area contributed by atoms with Gasteiger partial charge in [0.2, 0.25) is 0 Å². The van der Waals surface area contributed by atoms with Gasteiger partial charge in [0.15, 0.2) is 2.83 Å². The fraction of sp³-hybridized carbons (Fsp3) is 0.500. The largest absolute Gasteiger partial charge is 0.480 e. The number of alkyl halides is 2. The van der Waals surface area contributed by atoms with Crippen molar-refractivity contribution in [3.05, 3.63) is 0 Å². The van der Waals surface area contributed by atoms with Crippen molar-refractivity contribution in [1.82, 2.24) is 0 Å². The Morgan fingerprint density at radius 1 is 2.00 bits per heavy atom. The molecule has 0 spiro atoms. The van der Waals surface area contributed by atoms with Crippen molar-refractivity contribution in [3.63, 3.8) is 0 Å². The van der Waals surface area contributed by atoms with E-state index in [1.807, 2.05) is 0 Å². The van der Waals surface area contributed by atoms with Gasteiger partial charge in [-0.2, -0.15) is 0 Å². The highest BCUT2D eigenvalue weighted by Crippen LogP contribution is 2.06. The third-order valence-corrected chi connectivity index (χ3v) is 1.11. The maximum atomic E-state index is 9.64. The van der Waals surface area contributed by atoms with Crippen molar-refractivity contribution in [3.8, 4) is 0 Å². The number of hydrogen-bond acceptors (Lipinski definition) is 1. The summed E-state index contributed by atoms with van der Waals surface area (Å²) < 4.78 is -0.449. The molecule has 0 saturated heterocycles. The first-order valence-corrected chi connectivity index (χ1v) is 3.31. The zero-order valence-corrected chi connectivity index (χ0v) is 6.43. The average Bonchev–Trinajstić information content (AvgIpc) is 1.36. The molecule has 0 aromatic carbocycles. The van der Waals surface area contributed by atoms with E-state index in [0.717, 1.165) is 0 Å². The summed E-state index contributed by atoms with van der Waals surface area (Å²) >= 11 is 4.58. The van der Waals surface area contributed by atoms with Crippen LogP contribution < -0.4 is 0 Å². The van der Waals surface area contributed by atoms with Gasteiger partial charge in [0.25, 0.3) is 0 Å². The SMILES string of the molecule is O=C(O)[C@H](Br)I. The Labute approximate surface area is 57.2 Å². The van der Waals surface area contributed by atoms with Crippen LogP contribution in [0.15, 0.2) is 0 Å². The molecule has 36 valence electrons. The van der Waals surface area contributed by atoms with Gasteiger partial charge in [-0.25, -0.2) is 0 Å². The minimum Gasteiger partial charge on any atom is -0.480 e. The van der Waals surface area contributed by atoms with E-state index in [4.69, 9.17) is 5.11 Å². The monoisotopic (exact) mass is 264 g/mol. The molecular weight excluding hydrogens is 263 g/mol. The highest BCUT2D eigenvalue weighted by atomic mass is 127. The average molecular weight is 265 g/mol. The van der Waals surface area contributed by atoms with Gasteiger partial charge >= 0.3 is 5.97 Å². The van der Waals surface area contributed by atoms with Crippen LogP contribution in [-0.4, -0.2) is 13.9 Å². The van der Waals surface area contributed by atoms with Crippen LogP contribution in [0.1, 0.15) is 0 Å². The molecule has 0 bridgehead atoms. The zero-order chi connectivity index (χ0) is 5.15. The molecule has 2 nitrogen and oxygen atoms in total. The summed E-state index contributed by atoms with van der Waals surface area (Å²) in [6.07, 6.45) is 0. The molecule has 0 radical (unpaired) electrons. The normalized spacial score (nSPS) is 13.7. The Morgan fingerprint density at radius 2 is 2.17 bits per heavy atom. The predicted molar refractivity (Wildman–Crippen MR) is 34.4 cm³/mol. The molecule has 0 aliphatic rings. The van der Waals surface area contributed by atoms with Crippen molar-refractivity contribution in [1.29, 1.82) is 0 Å². The smallest absolute Gasteiger partial charge is 0.327 e. The molecule has 0 amide bonds. The summed E-state index contributed by atoms with van der Waals surface area (Å²) in [6, 6.07) is 0. The fourth-order valence-corrected chi connectivity index (χ4v) is 0. The molecule has 0 fully saturated rings. The van der Waals surface area contributed by atoms with Gasteiger partial charge in [-0.05, 0) is 0 Å². The third kappa shape index (κ3) is 2.89. The summed E-state index contributed by atoms with van der Waals surface area (Å²) in [7, 11) is 0. The molecule has 0 saturated carbocycles. The van der Waals surface area contributed by atoms with E-state index in [1.165, 1.54) is 0 Å². The predicted octanol–water partition coefficient (Wildman–Crippen LogP) is 1.23. The lowest BCUT2D eigenvalue weighted by molar-refractivity contribution is -0.134. The van der Waals surface area contributed by atoms with E-state index in [0.29, 0.717) is 0 Å². The molecule has 0 aromatic heterocycles. The maximum Gasteiger partial charge on any atom is 0.327 e. The topological polar surface area (TPSA) is 37.3 Å². The molecule has 0 heterocycles. The molecule has 0 aliphatic carbocycles. The lowest BCUT2D eigenvalue weighted by atomic mass is 10.8. The van der Waals surface area contributed by atoms with Crippen molar-refractivity contribution in [2.24, 2.45) is 0 Å². The van der Waals surface area contributed by atoms with Crippen LogP contribution in [0, 0.1) is 0 Å². The van der Waals surface area contributed by atoms with Crippen LogP contribution in [-0.2, 0) is 4.79 Å². The van der Waals surface area contributed by atoms with E-state index in [2.05, 4.69) is 15.9 Å². The van der Waals surface area contributed by atoms with Crippen molar-refractivity contribution in [2.45, 2.75) is 2.83 Å². The molecule has 1 atom stereocenters. The fourth-order valence-electron chi connectivity index (χ4n) is 0. The number of carboxylic acid groups (broad SMARTS) is 1. The highest BCUT2D eigenvalue weighted by Gasteiger charge is 2.04. The van der Waals surface area contributed by atoms with Crippen LogP contribution in [0.5, 0.6) is 0 Å². The van der Waals surface area contributed by atoms with Crippen molar-refractivity contribution in [2.75, 3.05) is 0 Å². The Bertz CT molecular complexity index is 62.6. The first-order chi connectivity index (χ1) is 2.64. The van der Waals surface area contributed by atoms with E-state index in [-0.39, 0.29) is 0 Å². The minimum atomic E-state index is -0.837. The highest BCUT2D eigenvalue weighted by molar-refractivity contribution is 14.1. The van der Waals surface area contributed by atoms with Gasteiger partial charge in [0.05, 0.1) is 0 Å². The van der Waals surface area contributed by atoms with Crippen LogP contribution in [0.4, 0.5) is 0 Å². The lowest BCUT2D eigenvalue weighted by Crippen LogP contribution is -2.02. The van der Waals surface area contributed by atoms with Crippen molar-refractivity contribution < 1.29 is 9.90 Å². The molecule has 0 rings (SSSR count). The second-order valence-electron chi connectivity index (χ2n) is 0.639. The number of carbonyl (C=O) groups is 1. The summed E-state index contributed by atoms with van der Waals surface area (Å²) in [5.41, 5.74) is 0. The van der Waals surface area contributed by atoms with Gasteiger partial charge in [0.1, 0.15) is 0 Å². The lowest BCUT2D eigenvalue weighted by Gasteiger charge is -1.84. The number of halogens is 2. The van der Waals surface area contributed by atoms with E-state index in [9.17, 15) is 4.79 Å². The standard InChI is InChI=1S/C2H2BrIO2/c3-1(4)2(5)6/h1H,(H,5,6)/t1-/m1/s1.